The molecule has 1 atom stereocenters. The second-order valence-corrected chi connectivity index (χ2v) is 6.16. The van der Waals surface area contributed by atoms with E-state index >= 15 is 0 Å². The number of halogens is 1. The SMILES string of the molecule is CCNC(Cc1ccccc1C)c1ccc(Br)cc1C. The number of likely N-dealkylation sites (N-methyl/N-ethyl adjacent to an activating group) is 1. The molecule has 0 saturated carbocycles. The molecule has 1 nitrogen and oxygen atoms in total. The van der Waals surface area contributed by atoms with Gasteiger partial charge in [0.15, 0.2) is 0 Å². The van der Waals surface area contributed by atoms with Crippen LogP contribution in [-0.4, -0.2) is 6.54 Å². The van der Waals surface area contributed by atoms with Crippen LogP contribution in [0.3, 0.4) is 0 Å². The van der Waals surface area contributed by atoms with E-state index in [9.17, 15) is 0 Å². The van der Waals surface area contributed by atoms with Crippen LogP contribution in [0.2, 0.25) is 0 Å². The van der Waals surface area contributed by atoms with Crippen molar-refractivity contribution >= 4 is 15.9 Å². The molecular formula is C18H22BrN. The molecule has 2 rings (SSSR count). The van der Waals surface area contributed by atoms with Gasteiger partial charge in [-0.1, -0.05) is 53.2 Å². The molecule has 0 spiro atoms. The fourth-order valence-corrected chi connectivity index (χ4v) is 3.10. The number of nitrogens with one attached hydrogen (secondary N) is 1. The molecule has 0 saturated heterocycles. The van der Waals surface area contributed by atoms with Gasteiger partial charge in [0.1, 0.15) is 0 Å². The van der Waals surface area contributed by atoms with Crippen LogP contribution in [0, 0.1) is 13.8 Å². The average Bonchev–Trinajstić information content (AvgIpc) is 2.41. The Morgan fingerprint density at radius 3 is 2.45 bits per heavy atom. The van der Waals surface area contributed by atoms with Gasteiger partial charge in [0.05, 0.1) is 0 Å². The molecule has 0 aliphatic carbocycles. The van der Waals surface area contributed by atoms with Crippen molar-refractivity contribution in [1.82, 2.24) is 5.32 Å². The Morgan fingerprint density at radius 1 is 1.05 bits per heavy atom. The fraction of sp³-hybridized carbons (Fsp3) is 0.333. The first-order valence-electron chi connectivity index (χ1n) is 7.15. The number of aryl methyl sites for hydroxylation is 2. The molecule has 0 bridgehead atoms. The number of rotatable bonds is 5. The Bertz CT molecular complexity index is 577. The lowest BCUT2D eigenvalue weighted by Gasteiger charge is -2.21. The summed E-state index contributed by atoms with van der Waals surface area (Å²) in [5, 5.41) is 3.62. The van der Waals surface area contributed by atoms with Gasteiger partial charge in [-0.05, 0) is 61.2 Å². The summed E-state index contributed by atoms with van der Waals surface area (Å²) in [6, 6.07) is 15.6. The molecule has 2 aromatic carbocycles. The van der Waals surface area contributed by atoms with Crippen LogP contribution in [0.25, 0.3) is 0 Å². The first kappa shape index (κ1) is 15.3. The van der Waals surface area contributed by atoms with Crippen molar-refractivity contribution in [2.24, 2.45) is 0 Å². The largest absolute Gasteiger partial charge is 0.310 e. The van der Waals surface area contributed by atoms with Crippen molar-refractivity contribution in [3.63, 3.8) is 0 Å². The molecule has 1 unspecified atom stereocenters. The summed E-state index contributed by atoms with van der Waals surface area (Å²) < 4.78 is 1.14. The Morgan fingerprint density at radius 2 is 1.80 bits per heavy atom. The van der Waals surface area contributed by atoms with E-state index in [1.54, 1.807) is 0 Å². The van der Waals surface area contributed by atoms with Crippen molar-refractivity contribution in [3.8, 4) is 0 Å². The first-order chi connectivity index (χ1) is 9.61. The summed E-state index contributed by atoms with van der Waals surface area (Å²) in [6.07, 6.45) is 1.03. The van der Waals surface area contributed by atoms with Gasteiger partial charge in [-0.3, -0.25) is 0 Å². The van der Waals surface area contributed by atoms with E-state index in [0.717, 1.165) is 17.4 Å². The second kappa shape index (κ2) is 7.05. The quantitative estimate of drug-likeness (QED) is 0.816. The highest BCUT2D eigenvalue weighted by molar-refractivity contribution is 9.10. The molecule has 0 aromatic heterocycles. The predicted molar refractivity (Wildman–Crippen MR) is 90.2 cm³/mol. The molecule has 0 aliphatic heterocycles. The molecule has 20 heavy (non-hydrogen) atoms. The van der Waals surface area contributed by atoms with E-state index in [2.05, 4.69) is 84.5 Å². The summed E-state index contributed by atoms with van der Waals surface area (Å²) >= 11 is 3.54. The molecule has 2 aromatic rings. The van der Waals surface area contributed by atoms with E-state index < -0.39 is 0 Å². The van der Waals surface area contributed by atoms with Crippen LogP contribution in [-0.2, 0) is 6.42 Å². The third-order valence-electron chi connectivity index (χ3n) is 3.74. The maximum atomic E-state index is 3.62. The average molecular weight is 332 g/mol. The summed E-state index contributed by atoms with van der Waals surface area (Å²) in [5.41, 5.74) is 5.50. The Labute approximate surface area is 130 Å². The van der Waals surface area contributed by atoms with E-state index in [4.69, 9.17) is 0 Å². The first-order valence-corrected chi connectivity index (χ1v) is 7.95. The van der Waals surface area contributed by atoms with Crippen molar-refractivity contribution in [2.45, 2.75) is 33.2 Å². The lowest BCUT2D eigenvalue weighted by molar-refractivity contribution is 0.546. The minimum Gasteiger partial charge on any atom is -0.310 e. The number of benzene rings is 2. The van der Waals surface area contributed by atoms with Crippen molar-refractivity contribution < 1.29 is 0 Å². The van der Waals surface area contributed by atoms with Gasteiger partial charge in [-0.15, -0.1) is 0 Å². The van der Waals surface area contributed by atoms with Crippen LogP contribution in [0.15, 0.2) is 46.9 Å². The summed E-state index contributed by atoms with van der Waals surface area (Å²) in [7, 11) is 0. The highest BCUT2D eigenvalue weighted by Crippen LogP contribution is 2.25. The van der Waals surface area contributed by atoms with Gasteiger partial charge >= 0.3 is 0 Å². The monoisotopic (exact) mass is 331 g/mol. The van der Waals surface area contributed by atoms with Crippen LogP contribution < -0.4 is 5.32 Å². The highest BCUT2D eigenvalue weighted by atomic mass is 79.9. The molecule has 2 heteroatoms. The zero-order valence-electron chi connectivity index (χ0n) is 12.4. The molecule has 0 amide bonds. The minimum absolute atomic E-state index is 0.370. The third-order valence-corrected chi connectivity index (χ3v) is 4.24. The van der Waals surface area contributed by atoms with Gasteiger partial charge in [0.2, 0.25) is 0 Å². The topological polar surface area (TPSA) is 12.0 Å². The Hall–Kier alpha value is -1.12. The Kier molecular flexibility index (Phi) is 5.38. The van der Waals surface area contributed by atoms with Gasteiger partial charge in [-0.25, -0.2) is 0 Å². The van der Waals surface area contributed by atoms with Gasteiger partial charge in [-0.2, -0.15) is 0 Å². The van der Waals surface area contributed by atoms with E-state index in [1.165, 1.54) is 22.3 Å². The van der Waals surface area contributed by atoms with Crippen LogP contribution >= 0.6 is 15.9 Å². The van der Waals surface area contributed by atoms with Gasteiger partial charge in [0.25, 0.3) is 0 Å². The molecule has 0 fully saturated rings. The minimum atomic E-state index is 0.370. The lowest BCUT2D eigenvalue weighted by atomic mass is 9.93. The standard InChI is InChI=1S/C18H22BrN/c1-4-20-18(12-15-8-6-5-7-13(15)2)17-10-9-16(19)11-14(17)3/h5-11,18,20H,4,12H2,1-3H3. The smallest absolute Gasteiger partial charge is 0.0363 e. The normalized spacial score (nSPS) is 12.4. The van der Waals surface area contributed by atoms with Crippen LogP contribution in [0.1, 0.15) is 35.2 Å². The molecular weight excluding hydrogens is 310 g/mol. The molecule has 0 radical (unpaired) electrons. The molecule has 1 N–H and O–H groups in total. The van der Waals surface area contributed by atoms with Gasteiger partial charge < -0.3 is 5.32 Å². The molecule has 106 valence electrons. The lowest BCUT2D eigenvalue weighted by Crippen LogP contribution is -2.24. The van der Waals surface area contributed by atoms with Crippen LogP contribution in [0.5, 0.6) is 0 Å². The predicted octanol–water partition coefficient (Wildman–Crippen LogP) is 4.96. The van der Waals surface area contributed by atoms with Crippen molar-refractivity contribution in [1.29, 1.82) is 0 Å². The summed E-state index contributed by atoms with van der Waals surface area (Å²) in [5.74, 6) is 0. The van der Waals surface area contributed by atoms with Crippen molar-refractivity contribution in [3.05, 3.63) is 69.2 Å². The highest BCUT2D eigenvalue weighted by Gasteiger charge is 2.14. The third kappa shape index (κ3) is 3.71. The summed E-state index contributed by atoms with van der Waals surface area (Å²) in [4.78, 5) is 0. The fourth-order valence-electron chi connectivity index (χ4n) is 2.63. The molecule has 0 aliphatic rings. The maximum Gasteiger partial charge on any atom is 0.0363 e. The maximum absolute atomic E-state index is 3.62. The molecule has 0 heterocycles. The van der Waals surface area contributed by atoms with Crippen molar-refractivity contribution in [2.75, 3.05) is 6.54 Å². The van der Waals surface area contributed by atoms with E-state index in [-0.39, 0.29) is 0 Å². The van der Waals surface area contributed by atoms with Gasteiger partial charge in [0, 0.05) is 10.5 Å². The number of hydrogen-bond donors (Lipinski definition) is 1. The summed E-state index contributed by atoms with van der Waals surface area (Å²) in [6.45, 7) is 7.51. The zero-order valence-corrected chi connectivity index (χ0v) is 14.0. The second-order valence-electron chi connectivity index (χ2n) is 5.24. The Balaban J connectivity index is 2.29. The van der Waals surface area contributed by atoms with Crippen LogP contribution in [0.4, 0.5) is 0 Å². The number of hydrogen-bond acceptors (Lipinski definition) is 1. The van der Waals surface area contributed by atoms with E-state index in [0.29, 0.717) is 6.04 Å². The van der Waals surface area contributed by atoms with E-state index in [1.807, 2.05) is 0 Å². The zero-order chi connectivity index (χ0) is 14.5.